The number of benzene rings is 4. The Morgan fingerprint density at radius 1 is 0.737 bits per heavy atom. The quantitative estimate of drug-likeness (QED) is 0.0330. The van der Waals surface area contributed by atoms with Crippen LogP contribution in [-0.2, 0) is 65.6 Å². The number of aliphatic carboxylic acids is 1. The van der Waals surface area contributed by atoms with Gasteiger partial charge >= 0.3 is 5.97 Å². The molecule has 0 aliphatic carbocycles. The number of phenols is 1. The minimum atomic E-state index is -1.68. The number of aliphatic hydroxyl groups excluding tert-OH is 2. The normalized spacial score (nSPS) is 16.1. The number of carboxylic acids is 1. The van der Waals surface area contributed by atoms with Crippen LogP contribution >= 0.6 is 0 Å². The molecule has 0 saturated heterocycles. The van der Waals surface area contributed by atoms with Gasteiger partial charge in [-0.3, -0.25) is 24.0 Å². The number of carbonyl (C=O) groups is 6. The van der Waals surface area contributed by atoms with Crippen molar-refractivity contribution in [2.24, 2.45) is 0 Å². The van der Waals surface area contributed by atoms with Crippen molar-refractivity contribution in [3.05, 3.63) is 116 Å². The number of hydrogen-bond donors (Lipinski definition) is 8. The molecule has 0 unspecified atom stereocenters. The number of nitrogens with one attached hydrogen (secondary N) is 4. The second-order valence-corrected chi connectivity index (χ2v) is 19.9. The maximum Gasteiger partial charge on any atom is 0.328 e. The van der Waals surface area contributed by atoms with Gasteiger partial charge in [0.1, 0.15) is 55.1 Å². The van der Waals surface area contributed by atoms with Crippen LogP contribution in [0.3, 0.4) is 0 Å². The third-order valence-corrected chi connectivity index (χ3v) is 14.7. The van der Waals surface area contributed by atoms with Gasteiger partial charge in [0, 0.05) is 84.7 Å². The standard InChI is InChI=1S/C56H65N7O13/c1-61(29-46(67)57-18-23-74-24-25-75-32-47(68)58-43(26-33-14-16-36(66)17-15-33)53(69)59-44(30-64)54(70)60-45(31-65)56(72)73)55(71)38-11-3-2-10-37(38)48-41-27-34-8-4-19-62-21-6-12-39(49(34)62)51(41)76-52-40-13-7-22-63-20-5-9-35(50(40)63)28-42(48)52/h2-3,10-11,14-17,27-28,43-45,64-65H,4-9,12-13,18-26,29-32H2,1H3,(H5-,57,58,59,60,66,67,68,69,70,72,73)/p+1/t43-,44-,45-/m0/s1. The fraction of sp³-hybridized carbons (Fsp3) is 0.446. The number of phenolic OH excluding ortho intramolecular Hbond substituents is 1. The van der Waals surface area contributed by atoms with Crippen molar-refractivity contribution < 1.29 is 63.4 Å². The highest BCUT2D eigenvalue weighted by Gasteiger charge is 2.37. The summed E-state index contributed by atoms with van der Waals surface area (Å²) in [6.45, 7) is 1.88. The molecule has 5 heterocycles. The predicted molar refractivity (Wildman–Crippen MR) is 278 cm³/mol. The molecule has 5 amide bonds. The SMILES string of the molecule is CN(CC(=O)NCCOCCOCC(=O)N[C@@H](Cc1ccc(O)cc1)C(=O)N[C@@H](CO)C(=O)N[C@@H](CO)C(=O)O)C(=O)c1ccccc1C1=c2cc3c4c(c2Oc2c1cc1c5c2CCCN5CCC1)CCC[N+]=4CCC3. The van der Waals surface area contributed by atoms with Crippen LogP contribution in [0, 0.1) is 0 Å². The van der Waals surface area contributed by atoms with Gasteiger partial charge in [0.25, 0.3) is 5.91 Å². The monoisotopic (exact) mass is 1040 g/mol. The van der Waals surface area contributed by atoms with E-state index in [-0.39, 0.29) is 56.9 Å². The maximum absolute atomic E-state index is 14.6. The fourth-order valence-electron chi connectivity index (χ4n) is 11.1. The number of carboxylic acid groups (broad SMARTS) is 1. The molecule has 3 atom stereocenters. The number of fused-ring (bicyclic) bond motifs is 4. The van der Waals surface area contributed by atoms with Gasteiger partial charge in [-0.2, -0.15) is 0 Å². The summed E-state index contributed by atoms with van der Waals surface area (Å²) in [7, 11) is 1.62. The van der Waals surface area contributed by atoms with E-state index >= 15 is 0 Å². The summed E-state index contributed by atoms with van der Waals surface area (Å²) in [6.07, 6.45) is 7.99. The molecule has 0 saturated carbocycles. The average molecular weight is 1050 g/mol. The summed E-state index contributed by atoms with van der Waals surface area (Å²) >= 11 is 0. The van der Waals surface area contributed by atoms with Gasteiger partial charge in [0.15, 0.2) is 0 Å². The van der Waals surface area contributed by atoms with Gasteiger partial charge in [-0.25, -0.2) is 9.37 Å². The maximum atomic E-state index is 14.6. The van der Waals surface area contributed by atoms with E-state index in [1.165, 1.54) is 62.5 Å². The van der Waals surface area contributed by atoms with Crippen molar-refractivity contribution in [2.45, 2.75) is 75.9 Å². The molecular formula is C56H66N7O13+. The molecule has 76 heavy (non-hydrogen) atoms. The van der Waals surface area contributed by atoms with Crippen LogP contribution in [0.4, 0.5) is 5.69 Å². The molecule has 0 fully saturated rings. The molecule has 0 spiro atoms. The van der Waals surface area contributed by atoms with Gasteiger partial charge < -0.3 is 65.7 Å². The van der Waals surface area contributed by atoms with Crippen molar-refractivity contribution in [1.29, 1.82) is 0 Å². The predicted octanol–water partition coefficient (Wildman–Crippen LogP) is -0.185. The van der Waals surface area contributed by atoms with Crippen molar-refractivity contribution in [1.82, 2.24) is 30.7 Å². The zero-order chi connectivity index (χ0) is 53.5. The first-order valence-corrected chi connectivity index (χ1v) is 26.2. The van der Waals surface area contributed by atoms with E-state index in [9.17, 15) is 44.1 Å². The highest BCUT2D eigenvalue weighted by molar-refractivity contribution is 6.03. The Labute approximate surface area is 439 Å². The number of likely N-dealkylation sites (N-methyl/N-ethyl adjacent to an activating group) is 1. The summed E-state index contributed by atoms with van der Waals surface area (Å²) in [6, 6.07) is 13.6. The summed E-state index contributed by atoms with van der Waals surface area (Å²) in [5.41, 5.74) is 10.3. The van der Waals surface area contributed by atoms with Crippen LogP contribution in [0.2, 0.25) is 0 Å². The molecule has 0 radical (unpaired) electrons. The second-order valence-electron chi connectivity index (χ2n) is 19.9. The summed E-state index contributed by atoms with van der Waals surface area (Å²) in [5.74, 6) is -3.09. The van der Waals surface area contributed by atoms with E-state index < -0.39 is 61.6 Å². The average Bonchev–Trinajstić information content (AvgIpc) is 3.47. The molecule has 0 aromatic heterocycles. The minimum absolute atomic E-state index is 0.0280. The number of aromatic hydroxyl groups is 1. The van der Waals surface area contributed by atoms with E-state index in [0.717, 1.165) is 111 Å². The van der Waals surface area contributed by atoms with E-state index in [1.54, 1.807) is 7.05 Å². The van der Waals surface area contributed by atoms with Crippen molar-refractivity contribution >= 4 is 46.8 Å². The number of amides is 5. The first-order chi connectivity index (χ1) is 36.8. The Balaban J connectivity index is 0.797. The van der Waals surface area contributed by atoms with Crippen LogP contribution in [0.5, 0.6) is 17.2 Å². The Kier molecular flexibility index (Phi) is 16.9. The Morgan fingerprint density at radius 2 is 1.42 bits per heavy atom. The lowest BCUT2D eigenvalue weighted by Gasteiger charge is -2.39. The fourth-order valence-corrected chi connectivity index (χ4v) is 11.1. The molecule has 4 aromatic carbocycles. The highest BCUT2D eigenvalue weighted by atomic mass is 16.5. The van der Waals surface area contributed by atoms with Gasteiger partial charge in [0.2, 0.25) is 29.0 Å². The molecule has 5 aliphatic heterocycles. The Hall–Kier alpha value is -7.39. The summed E-state index contributed by atoms with van der Waals surface area (Å²) in [4.78, 5) is 82.0. The number of anilines is 1. The Morgan fingerprint density at radius 3 is 2.18 bits per heavy atom. The van der Waals surface area contributed by atoms with Gasteiger partial charge in [-0.05, 0) is 85.5 Å². The topological polar surface area (TPSA) is 269 Å². The largest absolute Gasteiger partial charge is 0.508 e. The van der Waals surface area contributed by atoms with Gasteiger partial charge in [0.05, 0.1) is 45.1 Å². The van der Waals surface area contributed by atoms with E-state index in [0.29, 0.717) is 11.1 Å². The van der Waals surface area contributed by atoms with Crippen LogP contribution in [-0.4, -0.2) is 165 Å². The lowest BCUT2D eigenvalue weighted by molar-refractivity contribution is -0.143. The lowest BCUT2D eigenvalue weighted by Crippen LogP contribution is -2.58. The molecule has 4 aromatic rings. The van der Waals surface area contributed by atoms with Crippen LogP contribution in [0.15, 0.2) is 60.7 Å². The van der Waals surface area contributed by atoms with Crippen molar-refractivity contribution in [3.63, 3.8) is 0 Å². The number of ether oxygens (including phenoxy) is 3. The number of carbonyl (C=O) groups excluding carboxylic acids is 5. The molecule has 0 bridgehead atoms. The van der Waals surface area contributed by atoms with E-state index in [2.05, 4.69) is 37.6 Å². The highest BCUT2D eigenvalue weighted by Crippen LogP contribution is 2.49. The summed E-state index contributed by atoms with van der Waals surface area (Å²) in [5, 5.41) is 49.9. The van der Waals surface area contributed by atoms with Crippen molar-refractivity contribution in [3.8, 4) is 17.2 Å². The second kappa shape index (κ2) is 24.1. The van der Waals surface area contributed by atoms with Gasteiger partial charge in [-0.1, -0.05) is 30.3 Å². The van der Waals surface area contributed by atoms with Crippen LogP contribution in [0.25, 0.3) is 5.57 Å². The third-order valence-electron chi connectivity index (χ3n) is 14.7. The molecular weight excluding hydrogens is 979 g/mol. The van der Waals surface area contributed by atoms with Crippen LogP contribution < -0.4 is 46.1 Å². The molecule has 8 N–H and O–H groups in total. The van der Waals surface area contributed by atoms with E-state index in [4.69, 9.17) is 19.3 Å². The molecule has 5 aliphatic rings. The minimum Gasteiger partial charge on any atom is -0.508 e. The number of aliphatic hydroxyl groups is 2. The Bertz CT molecular complexity index is 3030. The smallest absolute Gasteiger partial charge is 0.328 e. The lowest BCUT2D eigenvalue weighted by atomic mass is 9.81. The molecule has 20 heteroatoms. The molecule has 20 nitrogen and oxygen atoms in total. The van der Waals surface area contributed by atoms with E-state index in [1.807, 2.05) is 29.6 Å². The number of nitrogens with zero attached hydrogens (tertiary/aromatic N) is 3. The first-order valence-electron chi connectivity index (χ1n) is 26.2. The molecule has 9 rings (SSSR count). The number of hydrogen-bond acceptors (Lipinski definition) is 13. The number of rotatable bonds is 22. The van der Waals surface area contributed by atoms with Crippen molar-refractivity contribution in [2.75, 3.05) is 90.9 Å². The zero-order valence-electron chi connectivity index (χ0n) is 42.7. The zero-order valence-corrected chi connectivity index (χ0v) is 42.7. The van der Waals surface area contributed by atoms with Gasteiger partial charge in [-0.15, -0.1) is 0 Å². The third kappa shape index (κ3) is 11.7. The summed E-state index contributed by atoms with van der Waals surface area (Å²) < 4.78 is 20.8. The molecule has 402 valence electrons. The number of aryl methyl sites for hydroxylation is 2. The van der Waals surface area contributed by atoms with Crippen LogP contribution in [0.1, 0.15) is 75.0 Å². The first kappa shape index (κ1) is 53.4.